The molecular weight excluding hydrogens is 353 g/mol. The fourth-order valence-corrected chi connectivity index (χ4v) is 1.38. The Morgan fingerprint density at radius 1 is 1.14 bits per heavy atom. The third-order valence-corrected chi connectivity index (χ3v) is 3.04. The molecule has 0 aliphatic heterocycles. The van der Waals surface area contributed by atoms with E-state index in [2.05, 4.69) is 9.99 Å². The lowest BCUT2D eigenvalue weighted by Crippen LogP contribution is -2.26. The van der Waals surface area contributed by atoms with Crippen LogP contribution < -0.4 is 0 Å². The fourth-order valence-electron chi connectivity index (χ4n) is 1.19. The van der Waals surface area contributed by atoms with Crippen LogP contribution in [0.2, 0.25) is 0 Å². The normalized spacial score (nSPS) is 12.0. The lowest BCUT2D eigenvalue weighted by atomic mass is 10.1. The smallest absolute Gasteiger partial charge is 0.311 e. The van der Waals surface area contributed by atoms with Crippen LogP contribution in [0.4, 0.5) is 13.2 Å². The predicted molar refractivity (Wildman–Crippen MR) is 74.3 cm³/mol. The number of hydrogen-bond donors (Lipinski definition) is 0. The van der Waals surface area contributed by atoms with Crippen LogP contribution in [0, 0.1) is 0 Å². The van der Waals surface area contributed by atoms with Crippen LogP contribution in [-0.2, 0) is 16.1 Å². The number of oxime groups is 1. The van der Waals surface area contributed by atoms with E-state index in [1.165, 1.54) is 12.1 Å². The lowest BCUT2D eigenvalue weighted by Gasteiger charge is -2.09. The SMILES string of the molecule is O=C(O/N=C(/Cc1ccccc1)C(F)(F)F)C(Cl)=C(Cl)Cl. The zero-order valence-electron chi connectivity index (χ0n) is 10.1. The van der Waals surface area contributed by atoms with Gasteiger partial charge in [-0.05, 0) is 5.56 Å². The van der Waals surface area contributed by atoms with Crippen LogP contribution in [0.1, 0.15) is 5.56 Å². The highest BCUT2D eigenvalue weighted by molar-refractivity contribution is 6.62. The Labute approximate surface area is 132 Å². The van der Waals surface area contributed by atoms with Gasteiger partial charge < -0.3 is 4.84 Å². The molecule has 9 heteroatoms. The molecule has 114 valence electrons. The highest BCUT2D eigenvalue weighted by Gasteiger charge is 2.36. The minimum absolute atomic E-state index is 0.349. The van der Waals surface area contributed by atoms with Crippen molar-refractivity contribution in [2.75, 3.05) is 0 Å². The number of hydrogen-bond acceptors (Lipinski definition) is 3. The van der Waals surface area contributed by atoms with Gasteiger partial charge in [-0.15, -0.1) is 0 Å². The van der Waals surface area contributed by atoms with Gasteiger partial charge in [0.15, 0.2) is 10.7 Å². The first-order valence-electron chi connectivity index (χ1n) is 5.32. The summed E-state index contributed by atoms with van der Waals surface area (Å²) < 4.78 is 37.8. The summed E-state index contributed by atoms with van der Waals surface area (Å²) in [6.45, 7) is 0. The van der Waals surface area contributed by atoms with Gasteiger partial charge in [-0.25, -0.2) is 4.79 Å². The van der Waals surface area contributed by atoms with Crippen LogP contribution in [0.15, 0.2) is 45.0 Å². The van der Waals surface area contributed by atoms with Crippen molar-refractivity contribution < 1.29 is 22.8 Å². The molecule has 0 saturated carbocycles. The monoisotopic (exact) mass is 359 g/mol. The van der Waals surface area contributed by atoms with E-state index in [0.717, 1.165) is 0 Å². The van der Waals surface area contributed by atoms with Crippen molar-refractivity contribution in [1.82, 2.24) is 0 Å². The average Bonchev–Trinajstić information content (AvgIpc) is 2.41. The van der Waals surface area contributed by atoms with Gasteiger partial charge in [-0.1, -0.05) is 70.3 Å². The number of alkyl halides is 3. The average molecular weight is 361 g/mol. The summed E-state index contributed by atoms with van der Waals surface area (Å²) in [4.78, 5) is 15.3. The molecule has 0 saturated heterocycles. The Kier molecular flexibility index (Phi) is 6.51. The van der Waals surface area contributed by atoms with Gasteiger partial charge in [-0.2, -0.15) is 13.2 Å². The molecule has 1 aromatic carbocycles. The molecule has 0 N–H and O–H groups in total. The first-order chi connectivity index (χ1) is 9.71. The largest absolute Gasteiger partial charge is 0.433 e. The van der Waals surface area contributed by atoms with Crippen molar-refractivity contribution >= 4 is 46.5 Å². The molecule has 0 heterocycles. The zero-order chi connectivity index (χ0) is 16.0. The maximum absolute atomic E-state index is 12.8. The zero-order valence-corrected chi connectivity index (χ0v) is 12.4. The molecule has 1 aromatic rings. The third kappa shape index (κ3) is 5.95. The van der Waals surface area contributed by atoms with E-state index in [9.17, 15) is 18.0 Å². The maximum Gasteiger partial charge on any atom is 0.433 e. The van der Waals surface area contributed by atoms with E-state index in [1.54, 1.807) is 18.2 Å². The second-order valence-corrected chi connectivity index (χ2v) is 4.98. The van der Waals surface area contributed by atoms with Crippen molar-refractivity contribution in [3.8, 4) is 0 Å². The van der Waals surface area contributed by atoms with Crippen LogP contribution in [0.3, 0.4) is 0 Å². The Bertz CT molecular complexity index is 567. The van der Waals surface area contributed by atoms with Gasteiger partial charge in [0.05, 0.1) is 0 Å². The Balaban J connectivity index is 2.92. The highest BCUT2D eigenvalue weighted by atomic mass is 35.5. The molecule has 0 bridgehead atoms. The second kappa shape index (κ2) is 7.68. The van der Waals surface area contributed by atoms with E-state index < -0.39 is 33.8 Å². The van der Waals surface area contributed by atoms with Crippen molar-refractivity contribution in [1.29, 1.82) is 0 Å². The van der Waals surface area contributed by atoms with Gasteiger partial charge in [0.25, 0.3) is 0 Å². The minimum Gasteiger partial charge on any atom is -0.311 e. The van der Waals surface area contributed by atoms with Crippen LogP contribution in [0.25, 0.3) is 0 Å². The highest BCUT2D eigenvalue weighted by Crippen LogP contribution is 2.22. The predicted octanol–water partition coefficient (Wildman–Crippen LogP) is 4.58. The summed E-state index contributed by atoms with van der Waals surface area (Å²) in [5.74, 6) is -1.38. The lowest BCUT2D eigenvalue weighted by molar-refractivity contribution is -0.138. The molecule has 0 aromatic heterocycles. The Hall–Kier alpha value is -1.24. The maximum atomic E-state index is 12.8. The summed E-state index contributed by atoms with van der Waals surface area (Å²) in [5.41, 5.74) is -0.946. The van der Waals surface area contributed by atoms with Crippen molar-refractivity contribution in [2.45, 2.75) is 12.6 Å². The van der Waals surface area contributed by atoms with Crippen LogP contribution in [-0.4, -0.2) is 17.9 Å². The van der Waals surface area contributed by atoms with E-state index in [1.807, 2.05) is 0 Å². The molecule has 0 amide bonds. The van der Waals surface area contributed by atoms with Gasteiger partial charge in [-0.3, -0.25) is 0 Å². The number of rotatable bonds is 4. The molecule has 3 nitrogen and oxygen atoms in total. The summed E-state index contributed by atoms with van der Waals surface area (Å²) in [5, 5.41) is 2.04. The number of carbonyl (C=O) groups is 1. The minimum atomic E-state index is -4.77. The van der Waals surface area contributed by atoms with E-state index in [-0.39, 0.29) is 0 Å². The summed E-state index contributed by atoms with van der Waals surface area (Å²) in [6.07, 6.45) is -5.33. The van der Waals surface area contributed by atoms with E-state index in [4.69, 9.17) is 34.8 Å². The summed E-state index contributed by atoms with van der Waals surface area (Å²) in [7, 11) is 0. The number of benzene rings is 1. The van der Waals surface area contributed by atoms with E-state index in [0.29, 0.717) is 5.56 Å². The molecule has 0 fully saturated rings. The number of carbonyl (C=O) groups excluding carboxylic acids is 1. The molecule has 0 aliphatic carbocycles. The number of halogens is 6. The van der Waals surface area contributed by atoms with Crippen molar-refractivity contribution in [2.24, 2.45) is 5.16 Å². The molecule has 21 heavy (non-hydrogen) atoms. The molecular formula is C12H7Cl3F3NO2. The fraction of sp³-hybridized carbons (Fsp3) is 0.167. The quantitative estimate of drug-likeness (QED) is 0.341. The van der Waals surface area contributed by atoms with Gasteiger partial charge in [0.2, 0.25) is 0 Å². The van der Waals surface area contributed by atoms with E-state index >= 15 is 0 Å². The van der Waals surface area contributed by atoms with Gasteiger partial charge >= 0.3 is 12.1 Å². The van der Waals surface area contributed by atoms with Crippen molar-refractivity contribution in [3.05, 3.63) is 45.4 Å². The first kappa shape index (κ1) is 17.8. The van der Waals surface area contributed by atoms with Crippen LogP contribution >= 0.6 is 34.8 Å². The molecule has 0 atom stereocenters. The number of nitrogens with zero attached hydrogens (tertiary/aromatic N) is 1. The molecule has 0 aliphatic rings. The van der Waals surface area contributed by atoms with Gasteiger partial charge in [0, 0.05) is 6.42 Å². The molecule has 0 radical (unpaired) electrons. The molecule has 0 unspecified atom stereocenters. The molecule has 0 spiro atoms. The molecule has 1 rings (SSSR count). The second-order valence-electron chi connectivity index (χ2n) is 3.65. The summed E-state index contributed by atoms with van der Waals surface area (Å²) in [6, 6.07) is 7.75. The third-order valence-electron chi connectivity index (χ3n) is 2.13. The topological polar surface area (TPSA) is 38.7 Å². The standard InChI is InChI=1S/C12H7Cl3F3NO2/c13-9(10(14)15)11(20)21-19-8(12(16,17)18)6-7-4-2-1-3-5-7/h1-5H,6H2/b19-8-. The van der Waals surface area contributed by atoms with Crippen molar-refractivity contribution in [3.63, 3.8) is 0 Å². The van der Waals surface area contributed by atoms with Crippen LogP contribution in [0.5, 0.6) is 0 Å². The summed E-state index contributed by atoms with van der Waals surface area (Å²) >= 11 is 15.7. The first-order valence-corrected chi connectivity index (χ1v) is 6.45. The Morgan fingerprint density at radius 3 is 2.19 bits per heavy atom. The van der Waals surface area contributed by atoms with Gasteiger partial charge in [0.1, 0.15) is 4.49 Å². The Morgan fingerprint density at radius 2 is 1.71 bits per heavy atom.